The molecule has 9 heteroatoms. The number of imide groups is 1. The first-order valence-corrected chi connectivity index (χ1v) is 18.0. The molecule has 3 aliphatic rings. The number of benzene rings is 5. The van der Waals surface area contributed by atoms with E-state index in [2.05, 4.69) is 23.1 Å². The van der Waals surface area contributed by atoms with E-state index in [0.29, 0.717) is 17.5 Å². The average molecular weight is 711 g/mol. The summed E-state index contributed by atoms with van der Waals surface area (Å²) in [7, 11) is 3.33. The topological polar surface area (TPSA) is 97.8 Å². The SMILES string of the molecule is COc1cc2c(cc1OC)CN(C[C@H]1C[C@@H](c3ccc(CO)cc3)O[C@@H](c3cccc(-c4cccc(CN5C(=O)c6ccccc6C5=O)c4)c3)O1)CC2. The zero-order chi connectivity index (χ0) is 36.5. The summed E-state index contributed by atoms with van der Waals surface area (Å²) in [5.41, 5.74) is 8.98. The molecule has 3 aliphatic heterocycles. The number of hydrogen-bond donors (Lipinski definition) is 1. The summed E-state index contributed by atoms with van der Waals surface area (Å²) in [4.78, 5) is 29.9. The molecule has 5 aromatic carbocycles. The Bertz CT molecular complexity index is 2110. The lowest BCUT2D eigenvalue weighted by Crippen LogP contribution is -2.41. The van der Waals surface area contributed by atoms with Crippen LogP contribution in [0.2, 0.25) is 0 Å². The summed E-state index contributed by atoms with van der Waals surface area (Å²) < 4.78 is 24.6. The standard InChI is InChI=1S/C44H42N2O7/c1-50-40-21-33-17-18-45(25-35(33)22-41(40)51-2)26-36-23-39(30-15-13-28(27-47)14-16-30)53-44(52-36)34-10-6-9-32(20-34)31-8-5-7-29(19-31)24-46-42(48)37-11-3-4-12-38(37)43(46)49/h3-16,19-22,36,39,44,47H,17-18,23-27H2,1-2H3/t36-,39+,44+/m1/s1. The fraction of sp³-hybridized carbons (Fsp3) is 0.273. The molecular formula is C44H42N2O7. The van der Waals surface area contributed by atoms with Gasteiger partial charge in [0, 0.05) is 31.6 Å². The van der Waals surface area contributed by atoms with E-state index in [-0.39, 0.29) is 37.2 Å². The van der Waals surface area contributed by atoms with E-state index in [0.717, 1.165) is 70.9 Å². The maximum absolute atomic E-state index is 13.1. The summed E-state index contributed by atoms with van der Waals surface area (Å²) in [6.45, 7) is 2.59. The van der Waals surface area contributed by atoms with Crippen molar-refractivity contribution in [1.29, 1.82) is 0 Å². The molecule has 53 heavy (non-hydrogen) atoms. The van der Waals surface area contributed by atoms with E-state index < -0.39 is 6.29 Å². The van der Waals surface area contributed by atoms with Crippen molar-refractivity contribution >= 4 is 11.8 Å². The number of nitrogens with zero attached hydrogens (tertiary/aromatic N) is 2. The quantitative estimate of drug-likeness (QED) is 0.151. The number of carbonyl (C=O) groups is 2. The van der Waals surface area contributed by atoms with Crippen molar-refractivity contribution < 1.29 is 33.6 Å². The molecule has 9 nitrogen and oxygen atoms in total. The van der Waals surface area contributed by atoms with Gasteiger partial charge in [0.05, 0.1) is 50.7 Å². The van der Waals surface area contributed by atoms with Gasteiger partial charge in [0.15, 0.2) is 17.8 Å². The van der Waals surface area contributed by atoms with Crippen LogP contribution in [-0.4, -0.2) is 60.1 Å². The summed E-state index contributed by atoms with van der Waals surface area (Å²) >= 11 is 0. The molecule has 3 heterocycles. The molecule has 0 aromatic heterocycles. The highest BCUT2D eigenvalue weighted by molar-refractivity contribution is 6.21. The predicted octanol–water partition coefficient (Wildman–Crippen LogP) is 7.26. The normalized spacial score (nSPS) is 19.9. The Balaban J connectivity index is 1.03. The Hall–Kier alpha value is -5.32. The third-order valence-corrected chi connectivity index (χ3v) is 10.5. The second-order valence-corrected chi connectivity index (χ2v) is 13.9. The van der Waals surface area contributed by atoms with Crippen LogP contribution in [0.3, 0.4) is 0 Å². The largest absolute Gasteiger partial charge is 0.493 e. The molecule has 1 N–H and O–H groups in total. The summed E-state index contributed by atoms with van der Waals surface area (Å²) in [5.74, 6) is 0.944. The van der Waals surface area contributed by atoms with Gasteiger partial charge in [-0.05, 0) is 81.8 Å². The van der Waals surface area contributed by atoms with Gasteiger partial charge in [-0.15, -0.1) is 0 Å². The smallest absolute Gasteiger partial charge is 0.261 e. The zero-order valence-electron chi connectivity index (χ0n) is 29.9. The van der Waals surface area contributed by atoms with Crippen LogP contribution < -0.4 is 9.47 Å². The zero-order valence-corrected chi connectivity index (χ0v) is 29.9. The van der Waals surface area contributed by atoms with Gasteiger partial charge in [0.2, 0.25) is 0 Å². The summed E-state index contributed by atoms with van der Waals surface area (Å²) in [6, 6.07) is 35.2. The number of ether oxygens (including phenoxy) is 4. The highest BCUT2D eigenvalue weighted by Crippen LogP contribution is 2.40. The van der Waals surface area contributed by atoms with E-state index in [9.17, 15) is 14.7 Å². The van der Waals surface area contributed by atoms with Gasteiger partial charge >= 0.3 is 0 Å². The van der Waals surface area contributed by atoms with Gasteiger partial charge in [0.1, 0.15) is 0 Å². The van der Waals surface area contributed by atoms with Crippen LogP contribution in [0, 0.1) is 0 Å². The summed E-state index contributed by atoms with van der Waals surface area (Å²) in [6.07, 6.45) is 0.662. The maximum Gasteiger partial charge on any atom is 0.261 e. The third-order valence-electron chi connectivity index (χ3n) is 10.5. The molecule has 0 bridgehead atoms. The number of amides is 2. The third kappa shape index (κ3) is 7.09. The first kappa shape index (κ1) is 34.7. The molecule has 1 fully saturated rings. The van der Waals surface area contributed by atoms with E-state index in [1.54, 1.807) is 38.5 Å². The Morgan fingerprint density at radius 1 is 0.717 bits per heavy atom. The van der Waals surface area contributed by atoms with Crippen molar-refractivity contribution in [3.63, 3.8) is 0 Å². The molecule has 0 radical (unpaired) electrons. The van der Waals surface area contributed by atoms with Crippen molar-refractivity contribution in [2.75, 3.05) is 27.3 Å². The second-order valence-electron chi connectivity index (χ2n) is 13.9. The first-order chi connectivity index (χ1) is 25.9. The van der Waals surface area contributed by atoms with E-state index >= 15 is 0 Å². The van der Waals surface area contributed by atoms with Crippen LogP contribution in [-0.2, 0) is 35.6 Å². The molecule has 0 unspecified atom stereocenters. The molecule has 1 saturated heterocycles. The van der Waals surface area contributed by atoms with Crippen LogP contribution in [0.5, 0.6) is 11.5 Å². The maximum atomic E-state index is 13.1. The predicted molar refractivity (Wildman–Crippen MR) is 199 cm³/mol. The monoisotopic (exact) mass is 710 g/mol. The average Bonchev–Trinajstić information content (AvgIpc) is 3.45. The number of methoxy groups -OCH3 is 2. The van der Waals surface area contributed by atoms with Crippen molar-refractivity contribution in [2.24, 2.45) is 0 Å². The van der Waals surface area contributed by atoms with Crippen molar-refractivity contribution in [3.8, 4) is 22.6 Å². The minimum Gasteiger partial charge on any atom is -0.493 e. The number of rotatable bonds is 10. The second kappa shape index (κ2) is 15.0. The van der Waals surface area contributed by atoms with Gasteiger partial charge in [0.25, 0.3) is 11.8 Å². The van der Waals surface area contributed by atoms with Crippen molar-refractivity contribution in [2.45, 2.75) is 51.0 Å². The number of carbonyl (C=O) groups excluding carboxylic acids is 2. The van der Waals surface area contributed by atoms with Crippen LogP contribution in [0.25, 0.3) is 11.1 Å². The lowest BCUT2D eigenvalue weighted by Gasteiger charge is -2.39. The Morgan fingerprint density at radius 2 is 1.40 bits per heavy atom. The first-order valence-electron chi connectivity index (χ1n) is 18.0. The lowest BCUT2D eigenvalue weighted by atomic mass is 9.96. The molecule has 3 atom stereocenters. The molecular weight excluding hydrogens is 668 g/mol. The van der Waals surface area contributed by atoms with Crippen molar-refractivity contribution in [1.82, 2.24) is 9.80 Å². The Kier molecular flexibility index (Phi) is 9.81. The van der Waals surface area contributed by atoms with Crippen LogP contribution in [0.15, 0.2) is 109 Å². The number of fused-ring (bicyclic) bond motifs is 2. The minimum absolute atomic E-state index is 0.0143. The van der Waals surface area contributed by atoms with Crippen molar-refractivity contribution in [3.05, 3.63) is 154 Å². The van der Waals surface area contributed by atoms with Gasteiger partial charge in [-0.25, -0.2) is 0 Å². The van der Waals surface area contributed by atoms with Gasteiger partial charge in [-0.2, -0.15) is 0 Å². The number of aliphatic hydroxyl groups is 1. The van der Waals surface area contributed by atoms with Gasteiger partial charge in [-0.3, -0.25) is 19.4 Å². The lowest BCUT2D eigenvalue weighted by molar-refractivity contribution is -0.253. The molecule has 0 spiro atoms. The van der Waals surface area contributed by atoms with Gasteiger partial charge in [-0.1, -0.05) is 72.8 Å². The Labute approximate surface area is 309 Å². The van der Waals surface area contributed by atoms with Crippen LogP contribution >= 0.6 is 0 Å². The fourth-order valence-electron chi connectivity index (χ4n) is 7.70. The molecule has 270 valence electrons. The van der Waals surface area contributed by atoms with Crippen LogP contribution in [0.4, 0.5) is 0 Å². The van der Waals surface area contributed by atoms with E-state index in [1.165, 1.54) is 16.0 Å². The summed E-state index contributed by atoms with van der Waals surface area (Å²) in [5, 5.41) is 9.65. The fourth-order valence-corrected chi connectivity index (χ4v) is 7.70. The molecule has 2 amide bonds. The van der Waals surface area contributed by atoms with Gasteiger partial charge < -0.3 is 24.1 Å². The molecule has 8 rings (SSSR count). The highest BCUT2D eigenvalue weighted by atomic mass is 16.7. The Morgan fingerprint density at radius 3 is 2.09 bits per heavy atom. The van der Waals surface area contributed by atoms with Crippen LogP contribution in [0.1, 0.15) is 72.9 Å². The minimum atomic E-state index is -0.612. The van der Waals surface area contributed by atoms with E-state index in [4.69, 9.17) is 18.9 Å². The van der Waals surface area contributed by atoms with E-state index in [1.807, 2.05) is 66.7 Å². The molecule has 5 aromatic rings. The molecule has 0 aliphatic carbocycles. The molecule has 0 saturated carbocycles. The highest BCUT2D eigenvalue weighted by Gasteiger charge is 2.36. The number of hydrogen-bond acceptors (Lipinski definition) is 8. The number of aliphatic hydroxyl groups excluding tert-OH is 1.